The highest BCUT2D eigenvalue weighted by molar-refractivity contribution is 5.99. The van der Waals surface area contributed by atoms with Gasteiger partial charge in [-0.1, -0.05) is 18.2 Å². The van der Waals surface area contributed by atoms with Crippen LogP contribution in [0.15, 0.2) is 58.7 Å². The third kappa shape index (κ3) is 3.98. The number of nitrogens with zero attached hydrogens (tertiary/aromatic N) is 1. The first-order valence-electron chi connectivity index (χ1n) is 8.13. The Hall–Kier alpha value is -3.61. The van der Waals surface area contributed by atoms with Gasteiger partial charge in [-0.15, -0.1) is 0 Å². The van der Waals surface area contributed by atoms with Crippen molar-refractivity contribution in [2.75, 3.05) is 19.5 Å². The van der Waals surface area contributed by atoms with Crippen molar-refractivity contribution in [1.82, 2.24) is 4.98 Å². The summed E-state index contributed by atoms with van der Waals surface area (Å²) in [5.74, 6) is -0.904. The Morgan fingerprint density at radius 1 is 1.11 bits per heavy atom. The van der Waals surface area contributed by atoms with Crippen molar-refractivity contribution in [3.05, 3.63) is 59.8 Å². The molecule has 1 N–H and O–H groups in total. The van der Waals surface area contributed by atoms with Crippen LogP contribution >= 0.6 is 0 Å². The Bertz CT molecular complexity index is 1000. The third-order valence-electron chi connectivity index (χ3n) is 3.92. The molecule has 0 bridgehead atoms. The van der Waals surface area contributed by atoms with Crippen LogP contribution in [0.3, 0.4) is 0 Å². The van der Waals surface area contributed by atoms with Crippen LogP contribution in [0.5, 0.6) is 0 Å². The summed E-state index contributed by atoms with van der Waals surface area (Å²) in [6.07, 6.45) is 1.04. The standard InChI is InChI=1S/C20H18N2O5/c1-12-8-9-13(19-22-14-6-4-5-7-17(14)27-19)10-15(12)21-16(20(24)26-3)11-18(23)25-2/h4-11,21H,1-3H3/b16-11+. The first kappa shape index (κ1) is 18.2. The van der Waals surface area contributed by atoms with E-state index in [1.807, 2.05) is 43.3 Å². The van der Waals surface area contributed by atoms with Crippen molar-refractivity contribution in [2.45, 2.75) is 6.92 Å². The molecule has 3 rings (SSSR count). The van der Waals surface area contributed by atoms with Gasteiger partial charge in [0.2, 0.25) is 5.89 Å². The molecule has 0 spiro atoms. The summed E-state index contributed by atoms with van der Waals surface area (Å²) in [4.78, 5) is 28.0. The highest BCUT2D eigenvalue weighted by Crippen LogP contribution is 2.28. The van der Waals surface area contributed by atoms with Crippen LogP contribution in [0, 0.1) is 6.92 Å². The van der Waals surface area contributed by atoms with Gasteiger partial charge in [0.05, 0.1) is 20.3 Å². The molecular formula is C20H18N2O5. The first-order valence-corrected chi connectivity index (χ1v) is 8.13. The minimum Gasteiger partial charge on any atom is -0.466 e. The van der Waals surface area contributed by atoms with Crippen molar-refractivity contribution in [3.8, 4) is 11.5 Å². The molecular weight excluding hydrogens is 348 g/mol. The van der Waals surface area contributed by atoms with Gasteiger partial charge in [0.25, 0.3) is 0 Å². The van der Waals surface area contributed by atoms with Gasteiger partial charge >= 0.3 is 11.9 Å². The lowest BCUT2D eigenvalue weighted by molar-refractivity contribution is -0.138. The maximum absolute atomic E-state index is 12.0. The Kier molecular flexibility index (Phi) is 5.21. The second-order valence-electron chi connectivity index (χ2n) is 5.71. The molecule has 27 heavy (non-hydrogen) atoms. The fraction of sp³-hybridized carbons (Fsp3) is 0.150. The molecule has 1 heterocycles. The predicted octanol–water partition coefficient (Wildman–Crippen LogP) is 3.45. The molecule has 138 valence electrons. The summed E-state index contributed by atoms with van der Waals surface area (Å²) in [7, 11) is 2.46. The maximum atomic E-state index is 12.0. The number of nitrogens with one attached hydrogen (secondary N) is 1. The summed E-state index contributed by atoms with van der Waals surface area (Å²) >= 11 is 0. The zero-order valence-corrected chi connectivity index (χ0v) is 15.1. The fourth-order valence-corrected chi connectivity index (χ4v) is 2.46. The van der Waals surface area contributed by atoms with Gasteiger partial charge in [0.1, 0.15) is 11.2 Å². The number of methoxy groups -OCH3 is 2. The van der Waals surface area contributed by atoms with E-state index in [0.717, 1.165) is 22.7 Å². The third-order valence-corrected chi connectivity index (χ3v) is 3.92. The Morgan fingerprint density at radius 2 is 1.89 bits per heavy atom. The van der Waals surface area contributed by atoms with Crippen LogP contribution in [0.4, 0.5) is 5.69 Å². The molecule has 0 saturated carbocycles. The van der Waals surface area contributed by atoms with Gasteiger partial charge in [-0.05, 0) is 36.8 Å². The van der Waals surface area contributed by atoms with E-state index >= 15 is 0 Å². The number of carbonyl (C=O) groups excluding carboxylic acids is 2. The smallest absolute Gasteiger partial charge is 0.354 e. The molecule has 0 amide bonds. The molecule has 0 saturated heterocycles. The van der Waals surface area contributed by atoms with Crippen molar-refractivity contribution in [1.29, 1.82) is 0 Å². The van der Waals surface area contributed by atoms with Gasteiger partial charge < -0.3 is 19.2 Å². The number of esters is 2. The molecule has 0 aliphatic heterocycles. The molecule has 7 heteroatoms. The molecule has 0 aliphatic rings. The number of oxazole rings is 1. The fourth-order valence-electron chi connectivity index (χ4n) is 2.46. The van der Waals surface area contributed by atoms with Crippen LogP contribution in [0.25, 0.3) is 22.6 Å². The summed E-state index contributed by atoms with van der Waals surface area (Å²) in [5, 5.41) is 2.92. The van der Waals surface area contributed by atoms with E-state index < -0.39 is 11.9 Å². The minimum atomic E-state index is -0.688. The number of hydrogen-bond donors (Lipinski definition) is 1. The van der Waals surface area contributed by atoms with Gasteiger partial charge in [-0.3, -0.25) is 0 Å². The van der Waals surface area contributed by atoms with Gasteiger partial charge in [0.15, 0.2) is 5.58 Å². The zero-order chi connectivity index (χ0) is 19.4. The summed E-state index contributed by atoms with van der Waals surface area (Å²) < 4.78 is 15.1. The number of rotatable bonds is 5. The van der Waals surface area contributed by atoms with Crippen LogP contribution in [0.1, 0.15) is 5.56 Å². The lowest BCUT2D eigenvalue weighted by Crippen LogP contribution is -2.16. The van der Waals surface area contributed by atoms with E-state index in [9.17, 15) is 9.59 Å². The quantitative estimate of drug-likeness (QED) is 0.546. The normalized spacial score (nSPS) is 11.3. The number of anilines is 1. The maximum Gasteiger partial charge on any atom is 0.354 e. The van der Waals surface area contributed by atoms with E-state index in [4.69, 9.17) is 9.15 Å². The van der Waals surface area contributed by atoms with Crippen molar-refractivity contribution in [2.24, 2.45) is 0 Å². The Morgan fingerprint density at radius 3 is 2.59 bits per heavy atom. The Balaban J connectivity index is 1.98. The number of benzene rings is 2. The molecule has 0 radical (unpaired) electrons. The molecule has 2 aromatic carbocycles. The number of carbonyl (C=O) groups is 2. The van der Waals surface area contributed by atoms with E-state index in [1.54, 1.807) is 6.07 Å². The molecule has 1 aromatic heterocycles. The van der Waals surface area contributed by atoms with Crippen LogP contribution in [0.2, 0.25) is 0 Å². The topological polar surface area (TPSA) is 90.7 Å². The molecule has 3 aromatic rings. The van der Waals surface area contributed by atoms with Crippen LogP contribution in [-0.4, -0.2) is 31.1 Å². The largest absolute Gasteiger partial charge is 0.466 e. The van der Waals surface area contributed by atoms with E-state index in [1.165, 1.54) is 14.2 Å². The average molecular weight is 366 g/mol. The van der Waals surface area contributed by atoms with Crippen molar-refractivity contribution >= 4 is 28.7 Å². The number of para-hydroxylation sites is 2. The van der Waals surface area contributed by atoms with Gasteiger partial charge in [0, 0.05) is 11.3 Å². The number of aromatic nitrogens is 1. The first-order chi connectivity index (χ1) is 13.0. The summed E-state index contributed by atoms with van der Waals surface area (Å²) in [6, 6.07) is 13.0. The average Bonchev–Trinajstić information content (AvgIpc) is 3.12. The molecule has 0 atom stereocenters. The van der Waals surface area contributed by atoms with E-state index in [-0.39, 0.29) is 5.70 Å². The predicted molar refractivity (Wildman–Crippen MR) is 99.9 cm³/mol. The molecule has 7 nitrogen and oxygen atoms in total. The minimum absolute atomic E-state index is 0.0397. The van der Waals surface area contributed by atoms with E-state index in [0.29, 0.717) is 17.2 Å². The number of hydrogen-bond acceptors (Lipinski definition) is 7. The SMILES string of the molecule is COC(=O)/C=C(/Nc1cc(-c2nc3ccccc3o2)ccc1C)C(=O)OC. The second kappa shape index (κ2) is 7.74. The number of ether oxygens (including phenoxy) is 2. The zero-order valence-electron chi connectivity index (χ0n) is 15.1. The number of fused-ring (bicyclic) bond motifs is 1. The molecule has 0 unspecified atom stereocenters. The van der Waals surface area contributed by atoms with Gasteiger partial charge in [-0.25, -0.2) is 14.6 Å². The highest BCUT2D eigenvalue weighted by atomic mass is 16.5. The number of aryl methyl sites for hydroxylation is 1. The van der Waals surface area contributed by atoms with Crippen LogP contribution < -0.4 is 5.32 Å². The van der Waals surface area contributed by atoms with E-state index in [2.05, 4.69) is 15.0 Å². The van der Waals surface area contributed by atoms with Gasteiger partial charge in [-0.2, -0.15) is 0 Å². The highest BCUT2D eigenvalue weighted by Gasteiger charge is 2.15. The molecule has 0 fully saturated rings. The monoisotopic (exact) mass is 366 g/mol. The Labute approximate surface area is 155 Å². The molecule has 0 aliphatic carbocycles. The summed E-state index contributed by atoms with van der Waals surface area (Å²) in [5.41, 5.74) is 3.58. The second-order valence-corrected chi connectivity index (χ2v) is 5.71. The van der Waals surface area contributed by atoms with Crippen molar-refractivity contribution < 1.29 is 23.5 Å². The van der Waals surface area contributed by atoms with Crippen LogP contribution in [-0.2, 0) is 19.1 Å². The van der Waals surface area contributed by atoms with Crippen molar-refractivity contribution in [3.63, 3.8) is 0 Å². The lowest BCUT2D eigenvalue weighted by Gasteiger charge is -2.12. The lowest BCUT2D eigenvalue weighted by atomic mass is 10.1. The summed E-state index contributed by atoms with van der Waals surface area (Å²) in [6.45, 7) is 1.87.